The van der Waals surface area contributed by atoms with Crippen molar-refractivity contribution in [2.24, 2.45) is 0 Å². The van der Waals surface area contributed by atoms with Crippen LogP contribution in [0.4, 0.5) is 10.1 Å². The van der Waals surface area contributed by atoms with Gasteiger partial charge in [-0.3, -0.25) is 4.90 Å². The summed E-state index contributed by atoms with van der Waals surface area (Å²) in [6.45, 7) is 4.38. The maximum Gasteiger partial charge on any atom is 0.216 e. The first kappa shape index (κ1) is 21.0. The summed E-state index contributed by atoms with van der Waals surface area (Å²) < 4.78 is 39.9. The van der Waals surface area contributed by atoms with E-state index in [-0.39, 0.29) is 11.6 Å². The smallest absolute Gasteiger partial charge is 0.216 e. The summed E-state index contributed by atoms with van der Waals surface area (Å²) in [4.78, 5) is 4.24. The van der Waals surface area contributed by atoms with Gasteiger partial charge in [0.15, 0.2) is 0 Å². The zero-order chi connectivity index (χ0) is 20.0. The Morgan fingerprint density at radius 1 is 1.07 bits per heavy atom. The number of benzene rings is 1. The van der Waals surface area contributed by atoms with E-state index in [4.69, 9.17) is 0 Å². The predicted octanol–water partition coefficient (Wildman–Crippen LogP) is 0.724. The minimum Gasteiger partial charge on any atom is -0.369 e. The molecule has 9 heteroatoms. The van der Waals surface area contributed by atoms with Gasteiger partial charge in [0.1, 0.15) is 11.9 Å². The zero-order valence-electron chi connectivity index (χ0n) is 15.8. The summed E-state index contributed by atoms with van der Waals surface area (Å²) in [5, 5.41) is 9.30. The number of nitrogens with one attached hydrogen (secondary N) is 1. The first-order valence-corrected chi connectivity index (χ1v) is 11.2. The van der Waals surface area contributed by atoms with E-state index in [1.54, 1.807) is 12.1 Å². The average Bonchev–Trinajstić information content (AvgIpc) is 3.21. The molecule has 0 aromatic heterocycles. The summed E-state index contributed by atoms with van der Waals surface area (Å²) >= 11 is 0. The van der Waals surface area contributed by atoms with Gasteiger partial charge in [0.25, 0.3) is 0 Å². The van der Waals surface area contributed by atoms with Crippen molar-refractivity contribution in [2.75, 3.05) is 56.5 Å². The van der Waals surface area contributed by atoms with E-state index in [2.05, 4.69) is 16.7 Å². The van der Waals surface area contributed by atoms with Crippen LogP contribution >= 0.6 is 0 Å². The lowest BCUT2D eigenvalue weighted by atomic mass is 10.2. The van der Waals surface area contributed by atoms with Crippen molar-refractivity contribution >= 4 is 15.7 Å². The topological polar surface area (TPSA) is 76.1 Å². The van der Waals surface area contributed by atoms with Crippen molar-refractivity contribution in [2.45, 2.75) is 18.9 Å². The summed E-state index contributed by atoms with van der Waals surface area (Å²) in [6.07, 6.45) is 2.34. The lowest BCUT2D eigenvalue weighted by Crippen LogP contribution is -2.51. The molecule has 0 amide bonds. The van der Waals surface area contributed by atoms with Crippen molar-refractivity contribution in [1.29, 1.82) is 0 Å². The van der Waals surface area contributed by atoms with Crippen molar-refractivity contribution in [3.05, 3.63) is 30.1 Å². The lowest BCUT2D eigenvalue weighted by molar-refractivity contribution is 0.152. The first-order valence-electron chi connectivity index (χ1n) is 9.56. The summed E-state index contributed by atoms with van der Waals surface area (Å²) in [6, 6.07) is 5.37. The van der Waals surface area contributed by atoms with E-state index in [0.717, 1.165) is 18.8 Å². The lowest BCUT2D eigenvalue weighted by Gasteiger charge is -2.35. The first-order chi connectivity index (χ1) is 13.5. The quantitative estimate of drug-likeness (QED) is 0.532. The fourth-order valence-electron chi connectivity index (χ4n) is 3.52. The predicted molar refractivity (Wildman–Crippen MR) is 106 cm³/mol. The molecule has 2 saturated heterocycles. The van der Waals surface area contributed by atoms with Crippen molar-refractivity contribution in [3.8, 4) is 11.8 Å². The summed E-state index contributed by atoms with van der Waals surface area (Å²) in [5.74, 6) is 5.23. The van der Waals surface area contributed by atoms with E-state index in [0.29, 0.717) is 32.7 Å². The van der Waals surface area contributed by atoms with Crippen molar-refractivity contribution in [3.63, 3.8) is 0 Å². The van der Waals surface area contributed by atoms with Crippen LogP contribution in [0.5, 0.6) is 0 Å². The number of hydrogen-bond donors (Lipinski definition) is 2. The van der Waals surface area contributed by atoms with Crippen LogP contribution in [0.3, 0.4) is 0 Å². The second kappa shape index (κ2) is 9.67. The monoisotopic (exact) mass is 410 g/mol. The highest BCUT2D eigenvalue weighted by Crippen LogP contribution is 2.18. The van der Waals surface area contributed by atoms with Crippen LogP contribution in [0.2, 0.25) is 0 Å². The molecular weight excluding hydrogens is 383 g/mol. The SMILES string of the molecule is O=S(=O)(CC(C#CCN1CCCC1)NO)N1CCN(c2ccc(F)cc2)CC1. The Balaban J connectivity index is 1.52. The molecule has 1 aromatic carbocycles. The van der Waals surface area contributed by atoms with Gasteiger partial charge in [-0.05, 0) is 50.2 Å². The fraction of sp³-hybridized carbons (Fsp3) is 0.579. The zero-order valence-corrected chi connectivity index (χ0v) is 16.7. The summed E-state index contributed by atoms with van der Waals surface area (Å²) in [7, 11) is -3.55. The second-order valence-electron chi connectivity index (χ2n) is 7.13. The van der Waals surface area contributed by atoms with E-state index in [9.17, 15) is 18.0 Å². The fourth-order valence-corrected chi connectivity index (χ4v) is 5.03. The standard InChI is InChI=1S/C19H27FN4O3S/c20-17-5-7-19(8-6-17)23-12-14-24(15-13-23)28(26,27)16-18(21-25)4-3-11-22-9-1-2-10-22/h5-8,18,21,25H,1-2,9-16H2. The van der Waals surface area contributed by atoms with Crippen molar-refractivity contribution in [1.82, 2.24) is 14.7 Å². The van der Waals surface area contributed by atoms with Gasteiger partial charge in [-0.15, -0.1) is 0 Å². The maximum absolute atomic E-state index is 13.1. The van der Waals surface area contributed by atoms with Crippen LogP contribution < -0.4 is 10.4 Å². The van der Waals surface area contributed by atoms with Crippen LogP contribution in [0.1, 0.15) is 12.8 Å². The Bertz CT molecular complexity index is 793. The number of nitrogens with zero attached hydrogens (tertiary/aromatic N) is 3. The Morgan fingerprint density at radius 3 is 2.32 bits per heavy atom. The molecule has 1 aromatic rings. The van der Waals surface area contributed by atoms with Gasteiger partial charge in [0, 0.05) is 31.9 Å². The number of hydrogen-bond acceptors (Lipinski definition) is 6. The largest absolute Gasteiger partial charge is 0.369 e. The second-order valence-corrected chi connectivity index (χ2v) is 9.14. The number of sulfonamides is 1. The molecule has 1 atom stereocenters. The third-order valence-corrected chi connectivity index (χ3v) is 7.04. The molecule has 0 spiro atoms. The molecule has 0 aliphatic carbocycles. The number of likely N-dealkylation sites (tertiary alicyclic amines) is 1. The van der Waals surface area contributed by atoms with E-state index >= 15 is 0 Å². The van der Waals surface area contributed by atoms with Gasteiger partial charge in [-0.2, -0.15) is 9.79 Å². The number of piperazine rings is 1. The number of rotatable bonds is 6. The number of anilines is 1. The van der Waals surface area contributed by atoms with E-state index in [1.807, 2.05) is 10.4 Å². The molecule has 2 aliphatic rings. The minimum absolute atomic E-state index is 0.271. The Hall–Kier alpha value is -1.70. The van der Waals surface area contributed by atoms with Crippen LogP contribution in [-0.2, 0) is 10.0 Å². The highest BCUT2D eigenvalue weighted by molar-refractivity contribution is 7.89. The van der Waals surface area contributed by atoms with Crippen LogP contribution in [0, 0.1) is 17.7 Å². The van der Waals surface area contributed by atoms with Crippen LogP contribution in [0.15, 0.2) is 24.3 Å². The molecule has 1 unspecified atom stereocenters. The highest BCUT2D eigenvalue weighted by atomic mass is 32.2. The summed E-state index contributed by atoms with van der Waals surface area (Å²) in [5.41, 5.74) is 2.89. The molecule has 0 bridgehead atoms. The minimum atomic E-state index is -3.55. The third kappa shape index (κ3) is 5.65. The Morgan fingerprint density at radius 2 is 1.71 bits per heavy atom. The van der Waals surface area contributed by atoms with Gasteiger partial charge >= 0.3 is 0 Å². The molecule has 0 saturated carbocycles. The van der Waals surface area contributed by atoms with Gasteiger partial charge in [0.2, 0.25) is 10.0 Å². The van der Waals surface area contributed by atoms with Gasteiger partial charge in [-0.1, -0.05) is 11.8 Å². The Kier molecular flexibility index (Phi) is 7.26. The molecule has 3 rings (SSSR count). The third-order valence-electron chi connectivity index (χ3n) is 5.13. The van der Waals surface area contributed by atoms with E-state index in [1.165, 1.54) is 29.3 Å². The average molecular weight is 411 g/mol. The molecule has 2 heterocycles. The van der Waals surface area contributed by atoms with Crippen LogP contribution in [-0.4, -0.2) is 80.4 Å². The number of hydroxylamine groups is 1. The molecule has 2 N–H and O–H groups in total. The number of halogens is 1. The normalized spacial score (nSPS) is 20.0. The molecule has 2 fully saturated rings. The molecule has 7 nitrogen and oxygen atoms in total. The van der Waals surface area contributed by atoms with E-state index < -0.39 is 16.1 Å². The molecule has 28 heavy (non-hydrogen) atoms. The van der Waals surface area contributed by atoms with Gasteiger partial charge in [-0.25, -0.2) is 12.8 Å². The highest BCUT2D eigenvalue weighted by Gasteiger charge is 2.29. The molecule has 0 radical (unpaired) electrons. The van der Waals surface area contributed by atoms with Gasteiger partial charge in [0.05, 0.1) is 12.3 Å². The Labute approximate surface area is 166 Å². The maximum atomic E-state index is 13.1. The van der Waals surface area contributed by atoms with Crippen molar-refractivity contribution < 1.29 is 18.0 Å². The van der Waals surface area contributed by atoms with Crippen LogP contribution in [0.25, 0.3) is 0 Å². The molecular formula is C19H27FN4O3S. The molecule has 154 valence electrons. The molecule has 2 aliphatic heterocycles. The van der Waals surface area contributed by atoms with Gasteiger partial charge < -0.3 is 10.1 Å².